The molecule has 5 aromatic carbocycles. The van der Waals surface area contributed by atoms with E-state index in [0.29, 0.717) is 5.56 Å². The molecule has 330 valence electrons. The quantitative estimate of drug-likeness (QED) is 0.0634. The first kappa shape index (κ1) is 44.1. The first-order valence-electron chi connectivity index (χ1n) is 20.8. The molecule has 3 fully saturated rings. The molecule has 0 spiro atoms. The van der Waals surface area contributed by atoms with Crippen LogP contribution in [-0.4, -0.2) is 98.5 Å². The first-order chi connectivity index (χ1) is 31.3. The van der Waals surface area contributed by atoms with E-state index in [1.807, 2.05) is 30.3 Å². The number of rotatable bonds is 14. The fourth-order valence-electron chi connectivity index (χ4n) is 7.63. The van der Waals surface area contributed by atoms with Gasteiger partial charge in [0.1, 0.15) is 18.3 Å². The lowest BCUT2D eigenvalue weighted by Crippen LogP contribution is -2.67. The van der Waals surface area contributed by atoms with Gasteiger partial charge < -0.3 is 47.4 Å². The van der Waals surface area contributed by atoms with Crippen molar-refractivity contribution in [3.8, 4) is 0 Å². The fraction of sp³-hybridized carbons (Fsp3) is 0.280. The Hall–Kier alpha value is -6.52. The Morgan fingerprint density at radius 3 is 1.42 bits per heavy atom. The Kier molecular flexibility index (Phi) is 14.3. The van der Waals surface area contributed by atoms with Gasteiger partial charge >= 0.3 is 23.9 Å². The van der Waals surface area contributed by atoms with E-state index in [1.165, 1.54) is 6.08 Å². The van der Waals surface area contributed by atoms with Crippen LogP contribution >= 0.6 is 0 Å². The maximum Gasteiger partial charge on any atom is 0.338 e. The Morgan fingerprint density at radius 2 is 0.953 bits per heavy atom. The van der Waals surface area contributed by atoms with Gasteiger partial charge in [-0.05, 0) is 55.5 Å². The fourth-order valence-corrected chi connectivity index (χ4v) is 7.63. The lowest BCUT2D eigenvalue weighted by molar-refractivity contribution is -0.389. The Labute approximate surface area is 369 Å². The van der Waals surface area contributed by atoms with Crippen LogP contribution in [0.5, 0.6) is 0 Å². The molecular formula is C50H46O14. The van der Waals surface area contributed by atoms with E-state index in [2.05, 4.69) is 6.58 Å². The average Bonchev–Trinajstić information content (AvgIpc) is 3.34. The van der Waals surface area contributed by atoms with Gasteiger partial charge in [-0.15, -0.1) is 6.58 Å². The van der Waals surface area contributed by atoms with Gasteiger partial charge in [0.15, 0.2) is 43.3 Å². The van der Waals surface area contributed by atoms with E-state index >= 15 is 0 Å². The largest absolute Gasteiger partial charge is 0.452 e. The van der Waals surface area contributed by atoms with E-state index in [0.717, 1.165) is 0 Å². The zero-order valence-corrected chi connectivity index (χ0v) is 34.7. The summed E-state index contributed by atoms with van der Waals surface area (Å²) in [6.07, 6.45) is -12.4. The van der Waals surface area contributed by atoms with Gasteiger partial charge in [0, 0.05) is 5.56 Å². The van der Waals surface area contributed by atoms with Crippen LogP contribution in [0.15, 0.2) is 164 Å². The molecule has 14 nitrogen and oxygen atoms in total. The molecule has 0 bridgehead atoms. The molecule has 11 atom stereocenters. The standard InChI is InChI=1S/C50H46O14/c1-3-29-55-49-42(61-46(53)34-23-13-6-14-24-34)41(39-37(58-49)30-56-48(63-39)36-27-17-8-18-28-36)64-50-43(62-47(54)35-25-15-7-16-26-35)40(60-45(52)33-21-11-5-12-22-33)38(31(2)57-50)59-44(51)32-19-9-4-10-20-32/h3-28,31,37-43,48-50H,1,29-30H2,2H3/t31-,37+,38-,39+,40+,41-,42+,43+,48+,49-,50-/m0/s1. The van der Waals surface area contributed by atoms with E-state index in [9.17, 15) is 19.2 Å². The maximum absolute atomic E-state index is 14.1. The summed E-state index contributed by atoms with van der Waals surface area (Å²) in [6, 6.07) is 42.1. The lowest BCUT2D eigenvalue weighted by Gasteiger charge is -2.50. The highest BCUT2D eigenvalue weighted by atomic mass is 16.8. The predicted molar refractivity (Wildman–Crippen MR) is 227 cm³/mol. The molecule has 0 unspecified atom stereocenters. The highest BCUT2D eigenvalue weighted by Gasteiger charge is 2.58. The molecule has 64 heavy (non-hydrogen) atoms. The van der Waals surface area contributed by atoms with Crippen LogP contribution < -0.4 is 0 Å². The third-order valence-corrected chi connectivity index (χ3v) is 10.8. The van der Waals surface area contributed by atoms with Crippen molar-refractivity contribution < 1.29 is 66.5 Å². The van der Waals surface area contributed by atoms with E-state index in [-0.39, 0.29) is 35.5 Å². The van der Waals surface area contributed by atoms with E-state index < -0.39 is 91.6 Å². The number of hydrogen-bond donors (Lipinski definition) is 0. The highest BCUT2D eigenvalue weighted by Crippen LogP contribution is 2.40. The molecule has 14 heteroatoms. The Balaban J connectivity index is 1.21. The van der Waals surface area contributed by atoms with Crippen molar-refractivity contribution in [1.82, 2.24) is 0 Å². The molecule has 8 rings (SSSR count). The maximum atomic E-state index is 14.1. The number of esters is 4. The number of fused-ring (bicyclic) bond motifs is 1. The molecule has 0 saturated carbocycles. The molecule has 0 N–H and O–H groups in total. The third-order valence-electron chi connectivity index (χ3n) is 10.8. The number of hydrogen-bond acceptors (Lipinski definition) is 14. The predicted octanol–water partition coefficient (Wildman–Crippen LogP) is 7.06. The summed E-state index contributed by atoms with van der Waals surface area (Å²) < 4.78 is 63.6. The smallest absolute Gasteiger partial charge is 0.338 e. The van der Waals surface area contributed by atoms with Gasteiger partial charge in [0.25, 0.3) is 0 Å². The number of carbonyl (C=O) groups excluding carboxylic acids is 4. The molecule has 3 aliphatic rings. The summed E-state index contributed by atoms with van der Waals surface area (Å²) in [7, 11) is 0. The molecule has 0 amide bonds. The van der Waals surface area contributed by atoms with Crippen molar-refractivity contribution in [2.75, 3.05) is 13.2 Å². The molecule has 3 heterocycles. The zero-order chi connectivity index (χ0) is 44.4. The van der Waals surface area contributed by atoms with Crippen LogP contribution in [0, 0.1) is 0 Å². The Morgan fingerprint density at radius 1 is 0.531 bits per heavy atom. The van der Waals surface area contributed by atoms with Gasteiger partial charge in [0.05, 0.1) is 41.6 Å². The van der Waals surface area contributed by atoms with Crippen LogP contribution in [0.3, 0.4) is 0 Å². The average molecular weight is 871 g/mol. The SMILES string of the molecule is C=CCO[C@H]1O[C@@H]2CO[C@@H](c3ccccc3)O[C@H]2[C@H](O[C@@H]2O[C@@H](C)[C@H](OC(=O)c3ccccc3)[C@@H](OC(=O)c3ccccc3)[C@H]2OC(=O)c2ccccc2)[C@H]1OC(=O)c1ccccc1. The van der Waals surface area contributed by atoms with Crippen molar-refractivity contribution in [1.29, 1.82) is 0 Å². The number of carbonyl (C=O) groups is 4. The van der Waals surface area contributed by atoms with Crippen LogP contribution in [0.2, 0.25) is 0 Å². The molecule has 0 radical (unpaired) electrons. The summed E-state index contributed by atoms with van der Waals surface area (Å²) in [5.41, 5.74) is 1.46. The van der Waals surface area contributed by atoms with Crippen LogP contribution in [0.1, 0.15) is 60.2 Å². The van der Waals surface area contributed by atoms with Gasteiger partial charge in [-0.25, -0.2) is 19.2 Å². The highest BCUT2D eigenvalue weighted by molar-refractivity contribution is 5.91. The minimum absolute atomic E-state index is 0.000558. The molecule has 5 aromatic rings. The van der Waals surface area contributed by atoms with Crippen molar-refractivity contribution in [3.63, 3.8) is 0 Å². The normalized spacial score (nSPS) is 27.5. The number of ether oxygens (including phenoxy) is 10. The summed E-state index contributed by atoms with van der Waals surface area (Å²) in [6.45, 7) is 5.36. The second-order valence-corrected chi connectivity index (χ2v) is 15.1. The molecular weight excluding hydrogens is 825 g/mol. The molecule has 3 aliphatic heterocycles. The van der Waals surface area contributed by atoms with Gasteiger partial charge in [-0.3, -0.25) is 0 Å². The second-order valence-electron chi connectivity index (χ2n) is 15.1. The van der Waals surface area contributed by atoms with Crippen molar-refractivity contribution in [2.24, 2.45) is 0 Å². The Bertz CT molecular complexity index is 2330. The zero-order valence-electron chi connectivity index (χ0n) is 34.7. The molecule has 0 aliphatic carbocycles. The minimum Gasteiger partial charge on any atom is -0.452 e. The van der Waals surface area contributed by atoms with Crippen molar-refractivity contribution in [3.05, 3.63) is 192 Å². The summed E-state index contributed by atoms with van der Waals surface area (Å²) >= 11 is 0. The van der Waals surface area contributed by atoms with Gasteiger partial charge in [-0.2, -0.15) is 0 Å². The van der Waals surface area contributed by atoms with E-state index in [4.69, 9.17) is 47.4 Å². The van der Waals surface area contributed by atoms with Crippen LogP contribution in [-0.2, 0) is 47.4 Å². The number of benzene rings is 5. The topological polar surface area (TPSA) is 161 Å². The summed E-state index contributed by atoms with van der Waals surface area (Å²) in [4.78, 5) is 55.8. The molecule has 3 saturated heterocycles. The van der Waals surface area contributed by atoms with Gasteiger partial charge in [-0.1, -0.05) is 109 Å². The van der Waals surface area contributed by atoms with Crippen molar-refractivity contribution in [2.45, 2.75) is 74.6 Å². The molecule has 0 aromatic heterocycles. The van der Waals surface area contributed by atoms with Crippen LogP contribution in [0.25, 0.3) is 0 Å². The van der Waals surface area contributed by atoms with Crippen LogP contribution in [0.4, 0.5) is 0 Å². The second kappa shape index (κ2) is 20.8. The minimum atomic E-state index is -1.63. The van der Waals surface area contributed by atoms with Gasteiger partial charge in [0.2, 0.25) is 0 Å². The lowest BCUT2D eigenvalue weighted by atomic mass is 9.95. The third kappa shape index (κ3) is 10.3. The van der Waals surface area contributed by atoms with Crippen molar-refractivity contribution >= 4 is 23.9 Å². The first-order valence-corrected chi connectivity index (χ1v) is 20.8. The monoisotopic (exact) mass is 870 g/mol. The summed E-state index contributed by atoms with van der Waals surface area (Å²) in [5, 5.41) is 0. The summed E-state index contributed by atoms with van der Waals surface area (Å²) in [5.74, 6) is -3.12. The van der Waals surface area contributed by atoms with E-state index in [1.54, 1.807) is 128 Å².